The number of benzene rings is 1. The third-order valence-electron chi connectivity index (χ3n) is 5.30. The van der Waals surface area contributed by atoms with Crippen molar-refractivity contribution >= 4 is 33.5 Å². The molecule has 1 saturated heterocycles. The zero-order valence-corrected chi connectivity index (χ0v) is 19.0. The topological polar surface area (TPSA) is 148 Å². The Bertz CT molecular complexity index is 992. The van der Waals surface area contributed by atoms with Crippen LogP contribution in [0.5, 0.6) is 0 Å². The summed E-state index contributed by atoms with van der Waals surface area (Å²) in [5, 5.41) is 4.90. The van der Waals surface area contributed by atoms with Gasteiger partial charge in [0.1, 0.15) is 18.2 Å². The Morgan fingerprint density at radius 1 is 1.18 bits per heavy atom. The quantitative estimate of drug-likeness (QED) is 0.468. The Hall–Kier alpha value is -2.99. The first-order valence-corrected chi connectivity index (χ1v) is 12.3. The lowest BCUT2D eigenvalue weighted by Crippen LogP contribution is -2.63. The zero-order valence-electron chi connectivity index (χ0n) is 18.2. The summed E-state index contributed by atoms with van der Waals surface area (Å²) in [6, 6.07) is 5.32. The number of carbonyl (C=O) groups excluding carboxylic acids is 4. The van der Waals surface area contributed by atoms with E-state index in [9.17, 15) is 27.6 Å². The number of ether oxygens (including phenoxy) is 2. The lowest BCUT2D eigenvalue weighted by Gasteiger charge is -2.35. The van der Waals surface area contributed by atoms with E-state index in [0.29, 0.717) is 31.9 Å². The van der Waals surface area contributed by atoms with Crippen LogP contribution in [0.2, 0.25) is 0 Å². The number of morpholine rings is 1. The van der Waals surface area contributed by atoms with Crippen LogP contribution in [0.1, 0.15) is 18.9 Å². The van der Waals surface area contributed by atoms with Crippen LogP contribution in [-0.2, 0) is 39.4 Å². The normalized spacial score (nSPS) is 21.5. The number of Topliss-reactive ketones (excluding diaryl/α,β-unsaturated/α-hetero) is 1. The zero-order chi connectivity index (χ0) is 24.0. The van der Waals surface area contributed by atoms with Crippen LogP contribution in [-0.4, -0.2) is 87.3 Å². The Balaban J connectivity index is 1.72. The molecule has 2 fully saturated rings. The minimum atomic E-state index is -3.81. The summed E-state index contributed by atoms with van der Waals surface area (Å²) in [4.78, 5) is 50.2. The average molecular weight is 482 g/mol. The molecular weight excluding hydrogens is 454 g/mol. The van der Waals surface area contributed by atoms with Crippen LogP contribution in [0, 0.1) is 0 Å². The van der Waals surface area contributed by atoms with Crippen molar-refractivity contribution in [2.75, 3.05) is 32.1 Å². The Morgan fingerprint density at radius 3 is 2.45 bits per heavy atom. The van der Waals surface area contributed by atoms with E-state index in [4.69, 9.17) is 9.47 Å². The first kappa shape index (κ1) is 24.6. The minimum Gasteiger partial charge on any atom is -0.459 e. The van der Waals surface area contributed by atoms with Gasteiger partial charge in [-0.25, -0.2) is 13.2 Å². The van der Waals surface area contributed by atoms with Gasteiger partial charge in [0, 0.05) is 26.4 Å². The second-order valence-electron chi connectivity index (χ2n) is 7.95. The third kappa shape index (κ3) is 6.99. The monoisotopic (exact) mass is 481 g/mol. The predicted octanol–water partition coefficient (Wildman–Crippen LogP) is -0.599. The molecule has 33 heavy (non-hydrogen) atoms. The molecule has 1 aromatic rings. The van der Waals surface area contributed by atoms with Crippen LogP contribution >= 0.6 is 0 Å². The van der Waals surface area contributed by atoms with Gasteiger partial charge in [0.2, 0.25) is 5.91 Å². The van der Waals surface area contributed by atoms with E-state index >= 15 is 0 Å². The summed E-state index contributed by atoms with van der Waals surface area (Å²) in [5.74, 6) is -2.77. The van der Waals surface area contributed by atoms with Crippen LogP contribution in [0.3, 0.4) is 0 Å². The van der Waals surface area contributed by atoms with Gasteiger partial charge in [-0.15, -0.1) is 0 Å². The van der Waals surface area contributed by atoms with Gasteiger partial charge in [-0.05, 0) is 5.56 Å². The van der Waals surface area contributed by atoms with Crippen LogP contribution in [0.4, 0.5) is 4.79 Å². The van der Waals surface area contributed by atoms with Gasteiger partial charge in [-0.2, -0.15) is 0 Å². The summed E-state index contributed by atoms with van der Waals surface area (Å²) in [7, 11) is -3.81. The van der Waals surface area contributed by atoms with Crippen LogP contribution < -0.4 is 10.6 Å². The number of carbonyl (C=O) groups is 4. The summed E-state index contributed by atoms with van der Waals surface area (Å²) in [5.41, 5.74) is 0.542. The molecule has 180 valence electrons. The number of sulfone groups is 1. The average Bonchev–Trinajstić information content (AvgIpc) is 2.77. The summed E-state index contributed by atoms with van der Waals surface area (Å²) >= 11 is 0. The molecule has 1 aliphatic heterocycles. The van der Waals surface area contributed by atoms with E-state index in [0.717, 1.165) is 0 Å². The number of esters is 1. The fraction of sp³-hybridized carbons (Fsp3) is 0.524. The summed E-state index contributed by atoms with van der Waals surface area (Å²) in [6.45, 7) is 2.44. The molecule has 11 nitrogen and oxygen atoms in total. The molecule has 3 rings (SSSR count). The molecule has 1 heterocycles. The third-order valence-corrected chi connectivity index (χ3v) is 6.91. The first-order chi connectivity index (χ1) is 15.6. The molecule has 1 saturated carbocycles. The van der Waals surface area contributed by atoms with E-state index in [1.807, 2.05) is 0 Å². The minimum absolute atomic E-state index is 0.0400. The number of nitrogens with one attached hydrogen (secondary N) is 2. The SMILES string of the molecule is CC(=O)O[C@@H]1CC(=O)[C@H]1NC(=O)[C@H](CS(=O)(=O)Cc1ccccc1)NC(=O)N1CCOCC1. The molecule has 0 unspecified atom stereocenters. The van der Waals surface area contributed by atoms with Crippen molar-refractivity contribution in [3.63, 3.8) is 0 Å². The van der Waals surface area contributed by atoms with Crippen molar-refractivity contribution in [2.45, 2.75) is 37.3 Å². The van der Waals surface area contributed by atoms with Crippen molar-refractivity contribution in [2.24, 2.45) is 0 Å². The Morgan fingerprint density at radius 2 is 1.85 bits per heavy atom. The van der Waals surface area contributed by atoms with Gasteiger partial charge in [0.05, 0.1) is 24.7 Å². The second kappa shape index (κ2) is 10.8. The lowest BCUT2D eigenvalue weighted by molar-refractivity contribution is -0.159. The maximum Gasteiger partial charge on any atom is 0.318 e. The highest BCUT2D eigenvalue weighted by Gasteiger charge is 2.44. The largest absolute Gasteiger partial charge is 0.459 e. The van der Waals surface area contributed by atoms with Crippen molar-refractivity contribution < 1.29 is 37.1 Å². The highest BCUT2D eigenvalue weighted by Crippen LogP contribution is 2.20. The van der Waals surface area contributed by atoms with Crippen molar-refractivity contribution in [3.05, 3.63) is 35.9 Å². The molecule has 0 bridgehead atoms. The van der Waals surface area contributed by atoms with E-state index in [1.54, 1.807) is 30.3 Å². The highest BCUT2D eigenvalue weighted by atomic mass is 32.2. The second-order valence-corrected chi connectivity index (χ2v) is 10.1. The van der Waals surface area contributed by atoms with Crippen molar-refractivity contribution in [1.29, 1.82) is 0 Å². The standard InChI is InChI=1S/C21H27N3O8S/c1-14(25)32-18-11-17(26)19(18)23-20(27)16(22-21(28)24-7-9-31-10-8-24)13-33(29,30)12-15-5-3-2-4-6-15/h2-6,16,18-19H,7-13H2,1H3,(H,22,28)(H,23,27)/t16-,18+,19+/m0/s1. The van der Waals surface area contributed by atoms with E-state index in [1.165, 1.54) is 11.8 Å². The number of ketones is 1. The first-order valence-electron chi connectivity index (χ1n) is 10.5. The fourth-order valence-electron chi connectivity index (χ4n) is 3.57. The van der Waals surface area contributed by atoms with Gasteiger partial charge in [-0.1, -0.05) is 30.3 Å². The molecule has 1 aromatic carbocycles. The number of hydrogen-bond acceptors (Lipinski definition) is 8. The Labute approximate surface area is 191 Å². The number of urea groups is 1. The molecule has 0 aromatic heterocycles. The molecular formula is C21H27N3O8S. The van der Waals surface area contributed by atoms with E-state index in [2.05, 4.69) is 10.6 Å². The molecule has 0 radical (unpaired) electrons. The van der Waals surface area contributed by atoms with Crippen LogP contribution in [0.25, 0.3) is 0 Å². The maximum absolute atomic E-state index is 12.9. The summed E-state index contributed by atoms with van der Waals surface area (Å²) in [6.07, 6.45) is -0.864. The van der Waals surface area contributed by atoms with E-state index < -0.39 is 51.7 Å². The lowest BCUT2D eigenvalue weighted by atomic mass is 9.87. The molecule has 2 N–H and O–H groups in total. The van der Waals surface area contributed by atoms with Gasteiger partial charge in [-0.3, -0.25) is 14.4 Å². The summed E-state index contributed by atoms with van der Waals surface area (Å²) < 4.78 is 35.8. The molecule has 0 spiro atoms. The van der Waals surface area contributed by atoms with Crippen molar-refractivity contribution in [3.8, 4) is 0 Å². The predicted molar refractivity (Wildman–Crippen MR) is 116 cm³/mol. The fourth-order valence-corrected chi connectivity index (χ4v) is 5.13. The number of hydrogen-bond donors (Lipinski definition) is 2. The molecule has 12 heteroatoms. The highest BCUT2D eigenvalue weighted by molar-refractivity contribution is 7.90. The number of amides is 3. The number of nitrogens with zero attached hydrogens (tertiary/aromatic N) is 1. The maximum atomic E-state index is 12.9. The Kier molecular flexibility index (Phi) is 8.03. The van der Waals surface area contributed by atoms with Crippen molar-refractivity contribution in [1.82, 2.24) is 15.5 Å². The molecule has 3 atom stereocenters. The van der Waals surface area contributed by atoms with Crippen LogP contribution in [0.15, 0.2) is 30.3 Å². The molecule has 1 aliphatic carbocycles. The van der Waals surface area contributed by atoms with Gasteiger partial charge >= 0.3 is 12.0 Å². The number of rotatable bonds is 8. The smallest absolute Gasteiger partial charge is 0.318 e. The molecule has 3 amide bonds. The van der Waals surface area contributed by atoms with E-state index in [-0.39, 0.29) is 18.0 Å². The molecule has 2 aliphatic rings. The van der Waals surface area contributed by atoms with Gasteiger partial charge < -0.3 is 25.0 Å². The van der Waals surface area contributed by atoms with Gasteiger partial charge in [0.15, 0.2) is 15.6 Å². The van der Waals surface area contributed by atoms with Gasteiger partial charge in [0.25, 0.3) is 0 Å².